The zero-order valence-corrected chi connectivity index (χ0v) is 18.4. The number of likely N-dealkylation sites (tertiary alicyclic amines) is 1. The molecule has 0 radical (unpaired) electrons. The van der Waals surface area contributed by atoms with Gasteiger partial charge in [0.2, 0.25) is 5.91 Å². The molecule has 0 aromatic heterocycles. The summed E-state index contributed by atoms with van der Waals surface area (Å²) in [5, 5.41) is 3.03. The predicted molar refractivity (Wildman–Crippen MR) is 120 cm³/mol. The van der Waals surface area contributed by atoms with Gasteiger partial charge in [0.15, 0.2) is 6.61 Å². The van der Waals surface area contributed by atoms with Crippen LogP contribution in [0.4, 0.5) is 0 Å². The van der Waals surface area contributed by atoms with Crippen molar-refractivity contribution in [3.05, 3.63) is 59.7 Å². The van der Waals surface area contributed by atoms with Crippen LogP contribution in [0.15, 0.2) is 48.5 Å². The van der Waals surface area contributed by atoms with E-state index >= 15 is 0 Å². The molecule has 1 aliphatic rings. The lowest BCUT2D eigenvalue weighted by Crippen LogP contribution is -2.47. The minimum atomic E-state index is -0.122. The minimum Gasteiger partial charge on any atom is -0.494 e. The summed E-state index contributed by atoms with van der Waals surface area (Å²) in [5.74, 6) is 1.60. The third-order valence-electron chi connectivity index (χ3n) is 5.67. The lowest BCUT2D eigenvalue weighted by atomic mass is 10.0. The fraction of sp³-hybridized carbons (Fsp3) is 0.440. The second-order valence-electron chi connectivity index (χ2n) is 7.97. The van der Waals surface area contributed by atoms with E-state index in [0.29, 0.717) is 32.5 Å². The molecule has 0 bridgehead atoms. The normalized spacial score (nSPS) is 14.2. The summed E-state index contributed by atoms with van der Waals surface area (Å²) < 4.78 is 11.3. The first-order valence-electron chi connectivity index (χ1n) is 11.0. The summed E-state index contributed by atoms with van der Waals surface area (Å²) in [4.78, 5) is 26.6. The van der Waals surface area contributed by atoms with Crippen molar-refractivity contribution in [2.75, 3.05) is 26.3 Å². The van der Waals surface area contributed by atoms with Crippen LogP contribution in [-0.4, -0.2) is 49.1 Å². The first-order valence-corrected chi connectivity index (χ1v) is 11.0. The molecule has 6 heteroatoms. The van der Waals surface area contributed by atoms with Crippen molar-refractivity contribution in [2.45, 2.75) is 45.6 Å². The van der Waals surface area contributed by atoms with E-state index in [2.05, 4.69) is 5.32 Å². The summed E-state index contributed by atoms with van der Waals surface area (Å²) >= 11 is 0. The van der Waals surface area contributed by atoms with Crippen LogP contribution < -0.4 is 14.8 Å². The van der Waals surface area contributed by atoms with Crippen molar-refractivity contribution in [2.24, 2.45) is 0 Å². The standard InChI is InChI=1S/C25H32N2O4/c1-19-8-6-11-23(20(19)2)31-18-24(28)26-21-13-15-27(16-14-21)25(29)12-7-17-30-22-9-4-3-5-10-22/h3-6,8-11,21H,7,12-18H2,1-2H3,(H,26,28). The Bertz CT molecular complexity index is 861. The number of piperidine rings is 1. The number of hydrogen-bond acceptors (Lipinski definition) is 4. The van der Waals surface area contributed by atoms with Crippen molar-refractivity contribution in [3.8, 4) is 11.5 Å². The van der Waals surface area contributed by atoms with Crippen molar-refractivity contribution in [1.82, 2.24) is 10.2 Å². The highest BCUT2D eigenvalue weighted by Crippen LogP contribution is 2.20. The van der Waals surface area contributed by atoms with Crippen molar-refractivity contribution < 1.29 is 19.1 Å². The Kier molecular flexibility index (Phi) is 8.33. The van der Waals surface area contributed by atoms with Gasteiger partial charge in [-0.15, -0.1) is 0 Å². The summed E-state index contributed by atoms with van der Waals surface area (Å²) in [7, 11) is 0. The Morgan fingerprint density at radius 3 is 2.48 bits per heavy atom. The van der Waals surface area contributed by atoms with E-state index in [9.17, 15) is 9.59 Å². The first kappa shape index (κ1) is 22.7. The van der Waals surface area contributed by atoms with E-state index in [4.69, 9.17) is 9.47 Å². The Morgan fingerprint density at radius 2 is 1.74 bits per heavy atom. The van der Waals surface area contributed by atoms with E-state index in [1.54, 1.807) is 0 Å². The van der Waals surface area contributed by atoms with E-state index < -0.39 is 0 Å². The number of nitrogens with zero attached hydrogens (tertiary/aromatic N) is 1. The second kappa shape index (κ2) is 11.4. The van der Waals surface area contributed by atoms with Gasteiger partial charge in [-0.2, -0.15) is 0 Å². The van der Waals surface area contributed by atoms with Crippen LogP contribution >= 0.6 is 0 Å². The number of aryl methyl sites for hydroxylation is 1. The third-order valence-corrected chi connectivity index (χ3v) is 5.67. The molecule has 0 saturated carbocycles. The van der Waals surface area contributed by atoms with Gasteiger partial charge in [-0.05, 0) is 62.4 Å². The lowest BCUT2D eigenvalue weighted by Gasteiger charge is -2.32. The summed E-state index contributed by atoms with van der Waals surface area (Å²) in [6.45, 7) is 5.88. The quantitative estimate of drug-likeness (QED) is 0.624. The van der Waals surface area contributed by atoms with Gasteiger partial charge in [0.25, 0.3) is 5.91 Å². The fourth-order valence-electron chi connectivity index (χ4n) is 3.65. The van der Waals surface area contributed by atoms with Gasteiger partial charge in [0.1, 0.15) is 11.5 Å². The van der Waals surface area contributed by atoms with Crippen LogP contribution in [0.3, 0.4) is 0 Å². The topological polar surface area (TPSA) is 67.9 Å². The number of hydrogen-bond donors (Lipinski definition) is 1. The molecule has 1 N–H and O–H groups in total. The Hall–Kier alpha value is -3.02. The number of carbonyl (C=O) groups excluding carboxylic acids is 2. The minimum absolute atomic E-state index is 0.00481. The van der Waals surface area contributed by atoms with Gasteiger partial charge in [0.05, 0.1) is 6.61 Å². The van der Waals surface area contributed by atoms with Gasteiger partial charge in [0, 0.05) is 25.6 Å². The average molecular weight is 425 g/mol. The third kappa shape index (κ3) is 7.02. The molecule has 0 atom stereocenters. The van der Waals surface area contributed by atoms with Crippen molar-refractivity contribution >= 4 is 11.8 Å². The van der Waals surface area contributed by atoms with E-state index in [1.807, 2.05) is 67.3 Å². The van der Waals surface area contributed by atoms with Crippen LogP contribution in [0, 0.1) is 13.8 Å². The molecule has 1 aliphatic heterocycles. The summed E-state index contributed by atoms with van der Waals surface area (Å²) in [6, 6.07) is 15.5. The molecule has 2 amide bonds. The molecule has 0 unspecified atom stereocenters. The molecule has 0 aliphatic carbocycles. The molecule has 2 aromatic rings. The van der Waals surface area contributed by atoms with Gasteiger partial charge < -0.3 is 19.7 Å². The fourth-order valence-corrected chi connectivity index (χ4v) is 3.65. The van der Waals surface area contributed by atoms with E-state index in [0.717, 1.165) is 35.5 Å². The highest BCUT2D eigenvalue weighted by molar-refractivity contribution is 5.78. The number of benzene rings is 2. The molecule has 31 heavy (non-hydrogen) atoms. The van der Waals surface area contributed by atoms with Crippen molar-refractivity contribution in [1.29, 1.82) is 0 Å². The molecule has 2 aromatic carbocycles. The highest BCUT2D eigenvalue weighted by Gasteiger charge is 2.23. The lowest BCUT2D eigenvalue weighted by molar-refractivity contribution is -0.132. The summed E-state index contributed by atoms with van der Waals surface area (Å²) in [6.07, 6.45) is 2.70. The smallest absolute Gasteiger partial charge is 0.258 e. The average Bonchev–Trinajstić information content (AvgIpc) is 2.79. The molecule has 1 heterocycles. The maximum atomic E-state index is 12.4. The van der Waals surface area contributed by atoms with Crippen LogP contribution in [0.1, 0.15) is 36.8 Å². The van der Waals surface area contributed by atoms with Gasteiger partial charge in [-0.1, -0.05) is 30.3 Å². The number of para-hydroxylation sites is 1. The van der Waals surface area contributed by atoms with E-state index in [1.165, 1.54) is 0 Å². The number of carbonyl (C=O) groups is 2. The Labute approximate surface area is 184 Å². The maximum absolute atomic E-state index is 12.4. The van der Waals surface area contributed by atoms with Gasteiger partial charge in [-0.25, -0.2) is 0 Å². The van der Waals surface area contributed by atoms with Crippen molar-refractivity contribution in [3.63, 3.8) is 0 Å². The highest BCUT2D eigenvalue weighted by atomic mass is 16.5. The maximum Gasteiger partial charge on any atom is 0.258 e. The molecule has 1 fully saturated rings. The zero-order valence-electron chi connectivity index (χ0n) is 18.4. The molecular formula is C25H32N2O4. The van der Waals surface area contributed by atoms with Crippen LogP contribution in [0.2, 0.25) is 0 Å². The zero-order chi connectivity index (χ0) is 22.1. The molecule has 0 spiro atoms. The van der Waals surface area contributed by atoms with Gasteiger partial charge >= 0.3 is 0 Å². The number of nitrogens with one attached hydrogen (secondary N) is 1. The van der Waals surface area contributed by atoms with E-state index in [-0.39, 0.29) is 24.5 Å². The number of rotatable bonds is 9. The van der Waals surface area contributed by atoms with Gasteiger partial charge in [-0.3, -0.25) is 9.59 Å². The Morgan fingerprint density at radius 1 is 1.00 bits per heavy atom. The van der Waals surface area contributed by atoms with Crippen LogP contribution in [-0.2, 0) is 9.59 Å². The number of ether oxygens (including phenoxy) is 2. The summed E-state index contributed by atoms with van der Waals surface area (Å²) in [5.41, 5.74) is 2.19. The molecule has 3 rings (SSSR count). The SMILES string of the molecule is Cc1cccc(OCC(=O)NC2CCN(C(=O)CCCOc3ccccc3)CC2)c1C. The van der Waals surface area contributed by atoms with Crippen LogP contribution in [0.25, 0.3) is 0 Å². The molecule has 166 valence electrons. The molecule has 6 nitrogen and oxygen atoms in total. The Balaban J connectivity index is 1.31. The molecular weight excluding hydrogens is 392 g/mol. The predicted octanol–water partition coefficient (Wildman–Crippen LogP) is 3.65. The number of amides is 2. The monoisotopic (exact) mass is 424 g/mol. The second-order valence-corrected chi connectivity index (χ2v) is 7.97. The first-order chi connectivity index (χ1) is 15.0. The largest absolute Gasteiger partial charge is 0.494 e. The van der Waals surface area contributed by atoms with Crippen LogP contribution in [0.5, 0.6) is 11.5 Å². The molecule has 1 saturated heterocycles.